The second kappa shape index (κ2) is 3.56. The third kappa shape index (κ3) is 2.35. The van der Waals surface area contributed by atoms with Crippen molar-refractivity contribution >= 4 is 5.97 Å². The summed E-state index contributed by atoms with van der Waals surface area (Å²) in [6.07, 6.45) is 0. The molecule has 3 N–H and O–H groups in total. The zero-order valence-electron chi connectivity index (χ0n) is 6.66. The van der Waals surface area contributed by atoms with Gasteiger partial charge in [0.25, 0.3) is 0 Å². The van der Waals surface area contributed by atoms with Gasteiger partial charge in [-0.15, -0.1) is 0 Å². The molecule has 0 bridgehead atoms. The molecule has 0 saturated heterocycles. The lowest BCUT2D eigenvalue weighted by molar-refractivity contribution is -0.143. The summed E-state index contributed by atoms with van der Waals surface area (Å²) >= 11 is 0. The van der Waals surface area contributed by atoms with E-state index < -0.39 is 11.9 Å². The highest BCUT2D eigenvalue weighted by Crippen LogP contribution is 2.13. The van der Waals surface area contributed by atoms with Crippen LogP contribution in [0.2, 0.25) is 0 Å². The van der Waals surface area contributed by atoms with Crippen molar-refractivity contribution in [1.29, 1.82) is 0 Å². The van der Waals surface area contributed by atoms with Gasteiger partial charge in [0, 0.05) is 6.04 Å². The van der Waals surface area contributed by atoms with Gasteiger partial charge in [0.15, 0.2) is 0 Å². The molecule has 2 atom stereocenters. The maximum atomic E-state index is 10.5. The number of carboxylic acid groups (broad SMARTS) is 1. The fourth-order valence-electron chi connectivity index (χ4n) is 1.12. The normalized spacial score (nSPS) is 16.9. The van der Waals surface area contributed by atoms with Gasteiger partial charge in [-0.1, -0.05) is 13.8 Å². The maximum Gasteiger partial charge on any atom is 0.308 e. The number of hydrogen-bond donors (Lipinski definition) is 2. The van der Waals surface area contributed by atoms with Crippen molar-refractivity contribution in [3.8, 4) is 0 Å². The van der Waals surface area contributed by atoms with E-state index in [-0.39, 0.29) is 12.0 Å². The molecule has 1 unspecified atom stereocenters. The number of carboxylic acids is 1. The van der Waals surface area contributed by atoms with Crippen molar-refractivity contribution < 1.29 is 9.90 Å². The standard InChI is InChI=1S/C7H15NO2/c1-4(2)6(5(3)8)7(9)10/h4-6H,8H2,1-3H3,(H,9,10)/t5?,6-/m1/s1. The molecular formula is C7H15NO2. The van der Waals surface area contributed by atoms with Crippen molar-refractivity contribution in [2.45, 2.75) is 26.8 Å². The molecule has 0 spiro atoms. The zero-order chi connectivity index (χ0) is 8.31. The Morgan fingerprint density at radius 3 is 1.80 bits per heavy atom. The van der Waals surface area contributed by atoms with Gasteiger partial charge in [-0.2, -0.15) is 0 Å². The lowest BCUT2D eigenvalue weighted by Crippen LogP contribution is -2.36. The molecule has 0 aliphatic heterocycles. The van der Waals surface area contributed by atoms with Crippen LogP contribution in [0.3, 0.4) is 0 Å². The first-order chi connectivity index (χ1) is 4.46. The minimum atomic E-state index is -0.801. The molecule has 10 heavy (non-hydrogen) atoms. The molecule has 0 aliphatic rings. The molecule has 60 valence electrons. The van der Waals surface area contributed by atoms with Crippen LogP contribution in [0.4, 0.5) is 0 Å². The Morgan fingerprint density at radius 1 is 1.40 bits per heavy atom. The van der Waals surface area contributed by atoms with Gasteiger partial charge < -0.3 is 10.8 Å². The molecule has 3 heteroatoms. The number of nitrogens with two attached hydrogens (primary N) is 1. The highest BCUT2D eigenvalue weighted by atomic mass is 16.4. The largest absolute Gasteiger partial charge is 0.481 e. The van der Waals surface area contributed by atoms with Gasteiger partial charge in [0.05, 0.1) is 5.92 Å². The fourth-order valence-corrected chi connectivity index (χ4v) is 1.12. The summed E-state index contributed by atoms with van der Waals surface area (Å²) in [5.74, 6) is -1.11. The van der Waals surface area contributed by atoms with Crippen molar-refractivity contribution in [3.05, 3.63) is 0 Å². The summed E-state index contributed by atoms with van der Waals surface area (Å²) in [5, 5.41) is 8.63. The van der Waals surface area contributed by atoms with E-state index in [9.17, 15) is 4.79 Å². The molecule has 0 radical (unpaired) electrons. The monoisotopic (exact) mass is 145 g/mol. The van der Waals surface area contributed by atoms with Crippen LogP contribution in [0.25, 0.3) is 0 Å². The fraction of sp³-hybridized carbons (Fsp3) is 0.857. The first-order valence-corrected chi connectivity index (χ1v) is 3.45. The molecule has 0 saturated carbocycles. The van der Waals surface area contributed by atoms with Crippen LogP contribution in [-0.2, 0) is 4.79 Å². The van der Waals surface area contributed by atoms with E-state index in [1.165, 1.54) is 0 Å². The molecule has 0 fully saturated rings. The SMILES string of the molecule is CC(C)[C@@H](C(=O)O)C(C)N. The number of aliphatic carboxylic acids is 1. The summed E-state index contributed by atoms with van der Waals surface area (Å²) < 4.78 is 0. The highest BCUT2D eigenvalue weighted by molar-refractivity contribution is 5.71. The lowest BCUT2D eigenvalue weighted by atomic mass is 9.90. The van der Waals surface area contributed by atoms with Crippen LogP contribution in [-0.4, -0.2) is 17.1 Å². The van der Waals surface area contributed by atoms with Crippen LogP contribution in [0.1, 0.15) is 20.8 Å². The predicted octanol–water partition coefficient (Wildman–Crippen LogP) is 0.690. The number of hydrogen-bond acceptors (Lipinski definition) is 2. The van der Waals surface area contributed by atoms with E-state index >= 15 is 0 Å². The number of rotatable bonds is 3. The third-order valence-corrected chi connectivity index (χ3v) is 1.57. The molecule has 0 aromatic heterocycles. The Balaban J connectivity index is 4.12. The topological polar surface area (TPSA) is 63.3 Å². The summed E-state index contributed by atoms with van der Waals surface area (Å²) in [6, 6.07) is -0.266. The van der Waals surface area contributed by atoms with Crippen LogP contribution in [0.5, 0.6) is 0 Å². The van der Waals surface area contributed by atoms with Crippen LogP contribution < -0.4 is 5.73 Å². The van der Waals surface area contributed by atoms with Crippen LogP contribution in [0.15, 0.2) is 0 Å². The van der Waals surface area contributed by atoms with Crippen molar-refractivity contribution in [2.75, 3.05) is 0 Å². The van der Waals surface area contributed by atoms with Gasteiger partial charge in [0.2, 0.25) is 0 Å². The van der Waals surface area contributed by atoms with Crippen molar-refractivity contribution in [3.63, 3.8) is 0 Å². The van der Waals surface area contributed by atoms with Crippen LogP contribution >= 0.6 is 0 Å². The predicted molar refractivity (Wildman–Crippen MR) is 39.6 cm³/mol. The van der Waals surface area contributed by atoms with Crippen molar-refractivity contribution in [2.24, 2.45) is 17.6 Å². The summed E-state index contributed by atoms with van der Waals surface area (Å²) in [7, 11) is 0. The second-order valence-electron chi connectivity index (χ2n) is 2.97. The van der Waals surface area contributed by atoms with Gasteiger partial charge >= 0.3 is 5.97 Å². The minimum Gasteiger partial charge on any atom is -0.481 e. The highest BCUT2D eigenvalue weighted by Gasteiger charge is 2.24. The van der Waals surface area contributed by atoms with Gasteiger partial charge in [-0.3, -0.25) is 4.79 Å². The van der Waals surface area contributed by atoms with E-state index in [2.05, 4.69) is 0 Å². The molecule has 0 aromatic carbocycles. The average Bonchev–Trinajstić information content (AvgIpc) is 1.59. The smallest absolute Gasteiger partial charge is 0.308 e. The first kappa shape index (κ1) is 9.43. The summed E-state index contributed by atoms with van der Waals surface area (Å²) in [5.41, 5.74) is 5.46. The quantitative estimate of drug-likeness (QED) is 0.614. The van der Waals surface area contributed by atoms with Gasteiger partial charge in [-0.25, -0.2) is 0 Å². The van der Waals surface area contributed by atoms with Crippen molar-refractivity contribution in [1.82, 2.24) is 0 Å². The Kier molecular flexibility index (Phi) is 3.36. The average molecular weight is 145 g/mol. The first-order valence-electron chi connectivity index (χ1n) is 3.45. The van der Waals surface area contributed by atoms with Gasteiger partial charge in [0.1, 0.15) is 0 Å². The van der Waals surface area contributed by atoms with Crippen LogP contribution in [0, 0.1) is 11.8 Å². The maximum absolute atomic E-state index is 10.5. The zero-order valence-corrected chi connectivity index (χ0v) is 6.66. The Hall–Kier alpha value is -0.570. The lowest BCUT2D eigenvalue weighted by Gasteiger charge is -2.19. The molecule has 0 aromatic rings. The Morgan fingerprint density at radius 2 is 1.80 bits per heavy atom. The molecule has 0 rings (SSSR count). The molecule has 0 heterocycles. The van der Waals surface area contributed by atoms with E-state index in [0.29, 0.717) is 0 Å². The van der Waals surface area contributed by atoms with E-state index in [1.807, 2.05) is 13.8 Å². The Bertz CT molecular complexity index is 113. The third-order valence-electron chi connectivity index (χ3n) is 1.57. The van der Waals surface area contributed by atoms with E-state index in [4.69, 9.17) is 10.8 Å². The van der Waals surface area contributed by atoms with E-state index in [0.717, 1.165) is 0 Å². The molecule has 0 amide bonds. The second-order valence-corrected chi connectivity index (χ2v) is 2.97. The Labute approximate surface area is 61.2 Å². The number of carbonyl (C=O) groups is 1. The molecule has 3 nitrogen and oxygen atoms in total. The minimum absolute atomic E-state index is 0.109. The summed E-state index contributed by atoms with van der Waals surface area (Å²) in [6.45, 7) is 5.45. The molecular weight excluding hydrogens is 130 g/mol. The molecule has 0 aliphatic carbocycles. The van der Waals surface area contributed by atoms with E-state index in [1.54, 1.807) is 6.92 Å². The van der Waals surface area contributed by atoms with Gasteiger partial charge in [-0.05, 0) is 12.8 Å². The summed E-state index contributed by atoms with van der Waals surface area (Å²) in [4.78, 5) is 10.5.